The van der Waals surface area contributed by atoms with Gasteiger partial charge in [-0.25, -0.2) is 0 Å². The van der Waals surface area contributed by atoms with Crippen molar-refractivity contribution >= 4 is 60.4 Å². The standard InChI is InChI=1S/C46H44O7P2/c1-29-25-35(43(37(26-29)45(2,3)4)52-54-48-39-21-13-9-17-31(39)32-18-10-14-22-40(32)49-54)36-27-30(47-8)28-38(46(5,6)7)44(36)53-55-50-41-23-15-11-19-33(41)34-20-12-16-24-42(34)51-55/h9-28H,1-8H3. The minimum atomic E-state index is -1.98. The van der Waals surface area contributed by atoms with Gasteiger partial charge in [-0.2, -0.15) is 0 Å². The Hall–Kier alpha value is -5.48. The molecule has 7 nitrogen and oxygen atoms in total. The highest BCUT2D eigenvalue weighted by Crippen LogP contribution is 2.53. The van der Waals surface area contributed by atoms with Gasteiger partial charge in [-0.15, -0.1) is 0 Å². The van der Waals surface area contributed by atoms with Gasteiger partial charge < -0.3 is 30.6 Å². The molecular weight excluding hydrogens is 726 g/mol. The Morgan fingerprint density at radius 1 is 0.455 bits per heavy atom. The van der Waals surface area contributed by atoms with Gasteiger partial charge in [0.05, 0.1) is 7.11 Å². The van der Waals surface area contributed by atoms with Crippen LogP contribution in [0.2, 0.25) is 0 Å². The first kappa shape index (κ1) is 36.5. The smallest absolute Gasteiger partial charge is 0.453 e. The third-order valence-corrected chi connectivity index (χ3v) is 11.6. The number of ether oxygens (including phenoxy) is 1. The fraction of sp³-hybridized carbons (Fsp3) is 0.217. The molecule has 280 valence electrons. The van der Waals surface area contributed by atoms with Crippen LogP contribution in [0.15, 0.2) is 138 Å². The average molecular weight is 771 g/mol. The van der Waals surface area contributed by atoms with E-state index in [0.717, 1.165) is 49.4 Å². The van der Waals surface area contributed by atoms with Gasteiger partial charge in [-0.05, 0) is 65.8 Å². The normalized spacial score (nSPS) is 12.0. The molecule has 2 aromatic heterocycles. The van der Waals surface area contributed by atoms with Crippen LogP contribution in [-0.2, 0) is 10.8 Å². The zero-order valence-electron chi connectivity index (χ0n) is 32.3. The third kappa shape index (κ3) is 7.23. The van der Waals surface area contributed by atoms with E-state index in [0.29, 0.717) is 39.6 Å². The Morgan fingerprint density at radius 2 is 0.800 bits per heavy atom. The lowest BCUT2D eigenvalue weighted by Gasteiger charge is -2.28. The van der Waals surface area contributed by atoms with Gasteiger partial charge in [0.2, 0.25) is 0 Å². The van der Waals surface area contributed by atoms with E-state index in [-0.39, 0.29) is 10.8 Å². The van der Waals surface area contributed by atoms with Gasteiger partial charge in [-0.1, -0.05) is 120 Å². The Labute approximate surface area is 322 Å². The van der Waals surface area contributed by atoms with Crippen molar-refractivity contribution in [2.45, 2.75) is 59.3 Å². The molecule has 0 N–H and O–H groups in total. The second-order valence-corrected chi connectivity index (χ2v) is 17.7. The van der Waals surface area contributed by atoms with Crippen LogP contribution in [0.5, 0.6) is 17.2 Å². The minimum Gasteiger partial charge on any atom is -0.497 e. The van der Waals surface area contributed by atoms with Gasteiger partial charge in [0.15, 0.2) is 0 Å². The Bertz CT molecular complexity index is 2690. The second-order valence-electron chi connectivity index (χ2n) is 15.7. The maximum atomic E-state index is 7.07. The number of methoxy groups -OCH3 is 1. The maximum Gasteiger partial charge on any atom is 0.453 e. The van der Waals surface area contributed by atoms with Crippen LogP contribution >= 0.6 is 16.5 Å². The van der Waals surface area contributed by atoms with E-state index in [4.69, 9.17) is 30.6 Å². The summed E-state index contributed by atoms with van der Waals surface area (Å²) in [4.78, 5) is 0. The molecule has 9 heteroatoms. The van der Waals surface area contributed by atoms with Crippen molar-refractivity contribution < 1.29 is 30.6 Å². The zero-order chi connectivity index (χ0) is 38.5. The zero-order valence-corrected chi connectivity index (χ0v) is 34.1. The number of aryl methyl sites for hydroxylation is 1. The molecule has 0 saturated carbocycles. The third-order valence-electron chi connectivity index (χ3n) is 9.59. The summed E-state index contributed by atoms with van der Waals surface area (Å²) in [5.41, 5.74) is 6.58. The molecule has 0 atom stereocenters. The Balaban J connectivity index is 1.42. The molecule has 0 spiro atoms. The molecule has 0 fully saturated rings. The van der Waals surface area contributed by atoms with E-state index in [1.165, 1.54) is 0 Å². The van der Waals surface area contributed by atoms with Gasteiger partial charge in [0.25, 0.3) is 0 Å². The van der Waals surface area contributed by atoms with Crippen molar-refractivity contribution in [2.24, 2.45) is 0 Å². The van der Waals surface area contributed by atoms with Crippen molar-refractivity contribution in [3.05, 3.63) is 138 Å². The molecule has 0 bridgehead atoms. The topological polar surface area (TPSA) is 80.2 Å². The lowest BCUT2D eigenvalue weighted by atomic mass is 9.81. The summed E-state index contributed by atoms with van der Waals surface area (Å²) < 4.78 is 46.6. The quantitative estimate of drug-likeness (QED) is 0.167. The summed E-state index contributed by atoms with van der Waals surface area (Å²) in [5, 5.41) is 3.77. The highest BCUT2D eigenvalue weighted by Gasteiger charge is 2.31. The van der Waals surface area contributed by atoms with E-state index in [1.807, 2.05) is 109 Å². The molecule has 8 aromatic rings. The first-order valence-electron chi connectivity index (χ1n) is 18.3. The van der Waals surface area contributed by atoms with Crippen LogP contribution in [0.3, 0.4) is 0 Å². The van der Waals surface area contributed by atoms with Crippen molar-refractivity contribution in [1.82, 2.24) is 0 Å². The molecule has 0 aliphatic rings. The van der Waals surface area contributed by atoms with E-state index in [1.54, 1.807) is 7.11 Å². The van der Waals surface area contributed by atoms with Crippen LogP contribution in [0, 0.1) is 6.92 Å². The highest BCUT2D eigenvalue weighted by molar-refractivity contribution is 7.32. The number of rotatable bonds is 6. The van der Waals surface area contributed by atoms with Crippen molar-refractivity contribution in [3.63, 3.8) is 0 Å². The molecule has 2 heterocycles. The number of hydrogen-bond donors (Lipinski definition) is 0. The summed E-state index contributed by atoms with van der Waals surface area (Å²) in [7, 11) is -2.28. The number of hydrogen-bond acceptors (Lipinski definition) is 7. The molecular formula is C46H44O7P2. The largest absolute Gasteiger partial charge is 0.497 e. The molecule has 55 heavy (non-hydrogen) atoms. The summed E-state index contributed by atoms with van der Waals surface area (Å²) in [6, 6.07) is 40.1. The fourth-order valence-corrected chi connectivity index (χ4v) is 9.06. The predicted molar refractivity (Wildman–Crippen MR) is 225 cm³/mol. The Kier molecular flexibility index (Phi) is 9.49. The molecule has 0 amide bonds. The SMILES string of the molecule is COc1cc(-c2cc(C)cc(C(C)(C)C)c2Op2oc3ccccc3c3ccccc3o2)c(Op2oc3ccccc3c3ccccc3o2)c(C(C)(C)C)c1. The van der Waals surface area contributed by atoms with Gasteiger partial charge in [0, 0.05) is 43.8 Å². The number of para-hydroxylation sites is 4. The van der Waals surface area contributed by atoms with Gasteiger partial charge in [0.1, 0.15) is 39.6 Å². The van der Waals surface area contributed by atoms with Crippen LogP contribution in [0.25, 0.3) is 55.0 Å². The van der Waals surface area contributed by atoms with E-state index in [9.17, 15) is 0 Å². The van der Waals surface area contributed by atoms with Crippen LogP contribution < -0.4 is 13.8 Å². The fourth-order valence-electron chi connectivity index (χ4n) is 6.86. The van der Waals surface area contributed by atoms with Gasteiger partial charge in [-0.3, -0.25) is 0 Å². The van der Waals surface area contributed by atoms with Gasteiger partial charge >= 0.3 is 16.5 Å². The lowest BCUT2D eigenvalue weighted by Crippen LogP contribution is -2.15. The summed E-state index contributed by atoms with van der Waals surface area (Å²) in [6.07, 6.45) is 0. The Morgan fingerprint density at radius 3 is 1.16 bits per heavy atom. The molecule has 8 rings (SSSR count). The predicted octanol–water partition coefficient (Wildman–Crippen LogP) is 15.2. The van der Waals surface area contributed by atoms with Crippen molar-refractivity contribution in [2.75, 3.05) is 7.11 Å². The minimum absolute atomic E-state index is 0.329. The average Bonchev–Trinajstić information content (AvgIpc) is 3.42. The first-order chi connectivity index (χ1) is 26.4. The molecule has 0 aliphatic carbocycles. The molecule has 0 unspecified atom stereocenters. The summed E-state index contributed by atoms with van der Waals surface area (Å²) >= 11 is 0. The van der Waals surface area contributed by atoms with E-state index >= 15 is 0 Å². The lowest BCUT2D eigenvalue weighted by molar-refractivity contribution is 0.410. The van der Waals surface area contributed by atoms with Crippen LogP contribution in [0.1, 0.15) is 58.2 Å². The van der Waals surface area contributed by atoms with Crippen molar-refractivity contribution in [1.29, 1.82) is 0 Å². The number of benzene rings is 6. The van der Waals surface area contributed by atoms with Crippen LogP contribution in [-0.4, -0.2) is 7.11 Å². The molecule has 0 saturated heterocycles. The first-order valence-corrected chi connectivity index (χ1v) is 20.5. The molecule has 6 aromatic carbocycles. The maximum absolute atomic E-state index is 7.07. The monoisotopic (exact) mass is 770 g/mol. The van der Waals surface area contributed by atoms with E-state index < -0.39 is 16.5 Å². The van der Waals surface area contributed by atoms with Crippen molar-refractivity contribution in [3.8, 4) is 28.4 Å². The molecule has 0 radical (unpaired) electrons. The van der Waals surface area contributed by atoms with Crippen LogP contribution in [0.4, 0.5) is 0 Å². The second kappa shape index (κ2) is 14.3. The number of fused-ring (bicyclic) bond motifs is 6. The molecule has 0 aliphatic heterocycles. The summed E-state index contributed by atoms with van der Waals surface area (Å²) in [6.45, 7) is 15.1. The highest BCUT2D eigenvalue weighted by atomic mass is 31.1. The van der Waals surface area contributed by atoms with E-state index in [2.05, 4.69) is 60.6 Å². The summed E-state index contributed by atoms with van der Waals surface area (Å²) in [5.74, 6) is 1.92.